The third-order valence-corrected chi connectivity index (χ3v) is 8.25. The topological polar surface area (TPSA) is 139 Å². The van der Waals surface area contributed by atoms with Gasteiger partial charge in [-0.25, -0.2) is 8.42 Å². The van der Waals surface area contributed by atoms with Gasteiger partial charge in [0.2, 0.25) is 15.9 Å². The number of fused-ring (bicyclic) bond motifs is 1. The van der Waals surface area contributed by atoms with Gasteiger partial charge in [0.15, 0.2) is 0 Å². The number of rotatable bonds is 13. The average molecular weight is 527 g/mol. The van der Waals surface area contributed by atoms with Crippen molar-refractivity contribution in [3.05, 3.63) is 72.3 Å². The summed E-state index contributed by atoms with van der Waals surface area (Å²) in [5, 5.41) is 15.1. The lowest BCUT2D eigenvalue weighted by Crippen LogP contribution is -2.45. The zero-order valence-corrected chi connectivity index (χ0v) is 22.3. The first-order valence-corrected chi connectivity index (χ1v) is 14.1. The van der Waals surface area contributed by atoms with Crippen molar-refractivity contribution in [2.24, 2.45) is 11.7 Å². The van der Waals surface area contributed by atoms with Crippen LogP contribution in [0.3, 0.4) is 0 Å². The predicted octanol–water partition coefficient (Wildman–Crippen LogP) is 2.90. The van der Waals surface area contributed by atoms with Gasteiger partial charge in [-0.2, -0.15) is 4.31 Å². The molecule has 0 heterocycles. The minimum absolute atomic E-state index is 0.0596. The second-order valence-electron chi connectivity index (χ2n) is 9.76. The highest BCUT2D eigenvalue weighted by atomic mass is 32.2. The fourth-order valence-electron chi connectivity index (χ4n) is 4.39. The lowest BCUT2D eigenvalue weighted by atomic mass is 9.99. The Hall–Kier alpha value is -2.98. The lowest BCUT2D eigenvalue weighted by molar-refractivity contribution is -0.122. The molecule has 0 unspecified atom stereocenters. The first-order valence-electron chi connectivity index (χ1n) is 12.6. The summed E-state index contributed by atoms with van der Waals surface area (Å²) in [4.78, 5) is 12.8. The van der Waals surface area contributed by atoms with Crippen molar-refractivity contribution in [3.63, 3.8) is 0 Å². The number of anilines is 1. The molecule has 0 saturated heterocycles. The maximum absolute atomic E-state index is 13.4. The van der Waals surface area contributed by atoms with E-state index in [0.717, 1.165) is 16.3 Å². The van der Waals surface area contributed by atoms with Gasteiger partial charge in [-0.3, -0.25) is 4.79 Å². The number of aliphatic hydroxyl groups excluding tert-OH is 1. The quantitative estimate of drug-likeness (QED) is 0.200. The average Bonchev–Trinajstić information content (AvgIpc) is 2.88. The number of hydrogen-bond acceptors (Lipinski definition) is 6. The van der Waals surface area contributed by atoms with Crippen molar-refractivity contribution in [1.82, 2.24) is 9.62 Å². The van der Waals surface area contributed by atoms with Crippen molar-refractivity contribution in [1.29, 1.82) is 0 Å². The molecule has 0 aliphatic heterocycles. The van der Waals surface area contributed by atoms with E-state index in [2.05, 4.69) is 5.32 Å². The monoisotopic (exact) mass is 526 g/mol. The zero-order chi connectivity index (χ0) is 27.0. The second kappa shape index (κ2) is 13.0. The molecule has 3 aromatic rings. The van der Waals surface area contributed by atoms with E-state index in [-0.39, 0.29) is 29.9 Å². The van der Waals surface area contributed by atoms with Crippen LogP contribution in [0.15, 0.2) is 71.6 Å². The molecule has 0 fully saturated rings. The normalized spacial score (nSPS) is 13.7. The molecule has 0 aromatic heterocycles. The number of carbonyl (C=O) groups is 1. The van der Waals surface area contributed by atoms with E-state index in [1.165, 1.54) is 16.4 Å². The van der Waals surface area contributed by atoms with Gasteiger partial charge in [-0.1, -0.05) is 56.3 Å². The highest BCUT2D eigenvalue weighted by molar-refractivity contribution is 7.89. The van der Waals surface area contributed by atoms with E-state index in [9.17, 15) is 18.3 Å². The van der Waals surface area contributed by atoms with Crippen molar-refractivity contribution in [2.75, 3.05) is 25.4 Å². The number of amides is 1. The van der Waals surface area contributed by atoms with Crippen LogP contribution in [-0.4, -0.2) is 55.5 Å². The minimum atomic E-state index is -3.83. The van der Waals surface area contributed by atoms with Gasteiger partial charge in [0.25, 0.3) is 0 Å². The third kappa shape index (κ3) is 7.52. The van der Waals surface area contributed by atoms with Crippen LogP contribution in [0.4, 0.5) is 5.69 Å². The fraction of sp³-hybridized carbons (Fsp3) is 0.393. The summed E-state index contributed by atoms with van der Waals surface area (Å²) in [5.74, 6) is -0.202. The molecule has 0 radical (unpaired) electrons. The largest absolute Gasteiger partial charge is 0.399 e. The van der Waals surface area contributed by atoms with E-state index >= 15 is 0 Å². The van der Waals surface area contributed by atoms with Crippen molar-refractivity contribution in [2.45, 2.75) is 50.1 Å². The smallest absolute Gasteiger partial charge is 0.243 e. The molecule has 2 atom stereocenters. The minimum Gasteiger partial charge on any atom is -0.399 e. The molecule has 1 amide bonds. The van der Waals surface area contributed by atoms with Crippen LogP contribution >= 0.6 is 0 Å². The Labute approximate surface area is 219 Å². The van der Waals surface area contributed by atoms with E-state index in [0.29, 0.717) is 31.5 Å². The van der Waals surface area contributed by atoms with Gasteiger partial charge in [0, 0.05) is 24.8 Å². The zero-order valence-electron chi connectivity index (χ0n) is 21.5. The Bertz CT molecular complexity index is 1270. The van der Waals surface area contributed by atoms with Crippen molar-refractivity contribution in [3.8, 4) is 0 Å². The van der Waals surface area contributed by atoms with Gasteiger partial charge >= 0.3 is 0 Å². The standard InChI is InChI=1S/C28H38N4O4S/c1-20(2)18-32(37(35,36)25-14-12-23(29)13-15-25)24(19-33)10-6-16-31-28(34)27(30)17-22-9-5-8-21-7-3-4-11-26(21)22/h3-5,7-9,11-15,20,24,27,33H,6,10,16-19,29-30H2,1-2H3,(H,31,34)/t24-,27-/m0/s1. The molecule has 0 saturated carbocycles. The van der Waals surface area contributed by atoms with Crippen LogP contribution in [-0.2, 0) is 21.2 Å². The number of benzene rings is 3. The summed E-state index contributed by atoms with van der Waals surface area (Å²) in [5.41, 5.74) is 13.4. The molecule has 6 N–H and O–H groups in total. The van der Waals surface area contributed by atoms with Crippen LogP contribution in [0, 0.1) is 5.92 Å². The maximum atomic E-state index is 13.4. The Morgan fingerprint density at radius 3 is 2.38 bits per heavy atom. The lowest BCUT2D eigenvalue weighted by Gasteiger charge is -2.31. The van der Waals surface area contributed by atoms with Gasteiger partial charge in [-0.15, -0.1) is 0 Å². The molecule has 0 bridgehead atoms. The molecule has 0 aliphatic rings. The number of nitrogens with zero attached hydrogens (tertiary/aromatic N) is 1. The number of nitrogens with two attached hydrogens (primary N) is 2. The van der Waals surface area contributed by atoms with Crippen LogP contribution < -0.4 is 16.8 Å². The fourth-order valence-corrected chi connectivity index (χ4v) is 6.20. The van der Waals surface area contributed by atoms with Gasteiger partial charge in [0.05, 0.1) is 17.5 Å². The third-order valence-electron chi connectivity index (χ3n) is 6.32. The number of sulfonamides is 1. The predicted molar refractivity (Wildman–Crippen MR) is 148 cm³/mol. The molecule has 8 nitrogen and oxygen atoms in total. The SMILES string of the molecule is CC(C)CN([C@H](CO)CCCNC(=O)[C@@H](N)Cc1cccc2ccccc12)S(=O)(=O)c1ccc(N)cc1. The highest BCUT2D eigenvalue weighted by Crippen LogP contribution is 2.23. The van der Waals surface area contributed by atoms with Gasteiger partial charge in [0.1, 0.15) is 0 Å². The number of aliphatic hydroxyl groups is 1. The number of hydrogen-bond donors (Lipinski definition) is 4. The van der Waals surface area contributed by atoms with Gasteiger partial charge in [-0.05, 0) is 65.8 Å². The molecular weight excluding hydrogens is 488 g/mol. The van der Waals surface area contributed by atoms with E-state index < -0.39 is 22.1 Å². The summed E-state index contributed by atoms with van der Waals surface area (Å²) in [6, 6.07) is 18.7. The molecule has 9 heteroatoms. The molecule has 0 aliphatic carbocycles. The molecule has 3 aromatic carbocycles. The highest BCUT2D eigenvalue weighted by Gasteiger charge is 2.31. The van der Waals surface area contributed by atoms with Crippen molar-refractivity contribution >= 4 is 32.4 Å². The number of carbonyl (C=O) groups excluding carboxylic acids is 1. The Morgan fingerprint density at radius 2 is 1.70 bits per heavy atom. The second-order valence-corrected chi connectivity index (χ2v) is 11.6. The molecule has 200 valence electrons. The van der Waals surface area contributed by atoms with E-state index in [4.69, 9.17) is 11.5 Å². The summed E-state index contributed by atoms with van der Waals surface area (Å²) < 4.78 is 28.1. The van der Waals surface area contributed by atoms with Crippen LogP contribution in [0.1, 0.15) is 32.3 Å². The Morgan fingerprint density at radius 1 is 1.03 bits per heavy atom. The van der Waals surface area contributed by atoms with Crippen LogP contribution in [0.2, 0.25) is 0 Å². The van der Waals surface area contributed by atoms with Gasteiger partial charge < -0.3 is 21.9 Å². The molecule has 0 spiro atoms. The number of nitrogen functional groups attached to an aromatic ring is 1. The summed E-state index contributed by atoms with van der Waals surface area (Å²) >= 11 is 0. The number of nitrogens with one attached hydrogen (secondary N) is 1. The molecule has 37 heavy (non-hydrogen) atoms. The summed E-state index contributed by atoms with van der Waals surface area (Å²) in [6.07, 6.45) is 1.29. The molecule has 3 rings (SSSR count). The summed E-state index contributed by atoms with van der Waals surface area (Å²) in [7, 11) is -3.83. The van der Waals surface area contributed by atoms with E-state index in [1.54, 1.807) is 12.1 Å². The maximum Gasteiger partial charge on any atom is 0.243 e. The van der Waals surface area contributed by atoms with Crippen LogP contribution in [0.25, 0.3) is 10.8 Å². The Kier molecular flexibility index (Phi) is 10.0. The first-order chi connectivity index (χ1) is 17.6. The first kappa shape index (κ1) is 28.6. The van der Waals surface area contributed by atoms with Crippen molar-refractivity contribution < 1.29 is 18.3 Å². The Balaban J connectivity index is 1.59. The summed E-state index contributed by atoms with van der Waals surface area (Å²) in [6.45, 7) is 4.13. The van der Waals surface area contributed by atoms with Crippen LogP contribution in [0.5, 0.6) is 0 Å². The van der Waals surface area contributed by atoms with E-state index in [1.807, 2.05) is 56.3 Å². The molecular formula is C28H38N4O4S.